The van der Waals surface area contributed by atoms with Crippen molar-refractivity contribution in [2.24, 2.45) is 0 Å². The quantitative estimate of drug-likeness (QED) is 0.836. The zero-order valence-corrected chi connectivity index (χ0v) is 14.2. The van der Waals surface area contributed by atoms with Gasteiger partial charge in [0.05, 0.1) is 12.2 Å². The van der Waals surface area contributed by atoms with Crippen LogP contribution < -0.4 is 4.74 Å². The van der Waals surface area contributed by atoms with Crippen LogP contribution in [0.2, 0.25) is 0 Å². The highest BCUT2D eigenvalue weighted by atomic mass is 16.5. The van der Waals surface area contributed by atoms with Crippen LogP contribution in [0.4, 0.5) is 0 Å². The van der Waals surface area contributed by atoms with E-state index in [1.165, 1.54) is 5.56 Å². The molecule has 0 aliphatic carbocycles. The Morgan fingerprint density at radius 3 is 2.61 bits per heavy atom. The van der Waals surface area contributed by atoms with Crippen molar-refractivity contribution in [3.8, 4) is 5.75 Å². The first-order chi connectivity index (χ1) is 11.1. The van der Waals surface area contributed by atoms with E-state index in [-0.39, 0.29) is 18.1 Å². The van der Waals surface area contributed by atoms with Gasteiger partial charge >= 0.3 is 0 Å². The Morgan fingerprint density at radius 1 is 1.30 bits per heavy atom. The van der Waals surface area contributed by atoms with Crippen molar-refractivity contribution in [2.75, 3.05) is 26.3 Å². The molecule has 3 rings (SSSR count). The van der Waals surface area contributed by atoms with Gasteiger partial charge in [0.25, 0.3) is 5.91 Å². The van der Waals surface area contributed by atoms with Crippen LogP contribution in [0.25, 0.3) is 0 Å². The van der Waals surface area contributed by atoms with Crippen molar-refractivity contribution >= 4 is 5.91 Å². The molecular formula is C19H27NO3. The van der Waals surface area contributed by atoms with Gasteiger partial charge in [0.15, 0.2) is 6.61 Å². The zero-order chi connectivity index (χ0) is 16.3. The average Bonchev–Trinajstić information content (AvgIpc) is 2.58. The predicted octanol–water partition coefficient (Wildman–Crippen LogP) is 3.36. The summed E-state index contributed by atoms with van der Waals surface area (Å²) in [7, 11) is 0. The number of hydrogen-bond donors (Lipinski definition) is 0. The fourth-order valence-corrected chi connectivity index (χ4v) is 3.42. The van der Waals surface area contributed by atoms with Gasteiger partial charge in [-0.1, -0.05) is 32.0 Å². The second kappa shape index (κ2) is 6.91. The van der Waals surface area contributed by atoms with Gasteiger partial charge < -0.3 is 14.4 Å². The molecule has 1 atom stereocenters. The monoisotopic (exact) mass is 317 g/mol. The molecule has 4 heteroatoms. The lowest BCUT2D eigenvalue weighted by atomic mass is 9.84. The summed E-state index contributed by atoms with van der Waals surface area (Å²) < 4.78 is 11.5. The fourth-order valence-electron chi connectivity index (χ4n) is 3.42. The molecule has 0 bridgehead atoms. The summed E-state index contributed by atoms with van der Waals surface area (Å²) in [5.41, 5.74) is 1.27. The number of benzene rings is 1. The minimum Gasteiger partial charge on any atom is -0.483 e. The number of rotatable bonds is 5. The molecule has 23 heavy (non-hydrogen) atoms. The normalized spacial score (nSPS) is 20.9. The van der Waals surface area contributed by atoms with Crippen LogP contribution in [0.3, 0.4) is 0 Å². The molecule has 1 spiro atoms. The van der Waals surface area contributed by atoms with Crippen LogP contribution in [0.15, 0.2) is 24.3 Å². The molecule has 1 aromatic carbocycles. The second-order valence-electron chi connectivity index (χ2n) is 6.80. The lowest BCUT2D eigenvalue weighted by molar-refractivity contribution is -0.176. The second-order valence-corrected chi connectivity index (χ2v) is 6.80. The molecule has 2 saturated heterocycles. The van der Waals surface area contributed by atoms with E-state index in [0.29, 0.717) is 5.92 Å². The van der Waals surface area contributed by atoms with E-state index >= 15 is 0 Å². The molecule has 0 unspecified atom stereocenters. The maximum absolute atomic E-state index is 12.4. The smallest absolute Gasteiger partial charge is 0.260 e. The van der Waals surface area contributed by atoms with Gasteiger partial charge in [-0.2, -0.15) is 0 Å². The Bertz CT molecular complexity index is 543. The predicted molar refractivity (Wildman–Crippen MR) is 89.8 cm³/mol. The van der Waals surface area contributed by atoms with Gasteiger partial charge in [-0.3, -0.25) is 4.79 Å². The van der Waals surface area contributed by atoms with Gasteiger partial charge in [0.2, 0.25) is 0 Å². The van der Waals surface area contributed by atoms with Crippen LogP contribution in [0, 0.1) is 0 Å². The Labute approximate surface area is 138 Å². The number of nitrogens with zero attached hydrogens (tertiary/aromatic N) is 1. The van der Waals surface area contributed by atoms with Crippen molar-refractivity contribution in [3.63, 3.8) is 0 Å². The minimum atomic E-state index is 0.0816. The molecule has 0 aromatic heterocycles. The molecule has 0 saturated carbocycles. The topological polar surface area (TPSA) is 38.8 Å². The third-order valence-electron chi connectivity index (χ3n) is 5.41. The fraction of sp³-hybridized carbons (Fsp3) is 0.632. The highest BCUT2D eigenvalue weighted by molar-refractivity contribution is 5.78. The molecule has 126 valence electrons. The molecule has 2 aliphatic rings. The summed E-state index contributed by atoms with van der Waals surface area (Å²) >= 11 is 0. The van der Waals surface area contributed by atoms with Crippen molar-refractivity contribution in [2.45, 2.75) is 51.0 Å². The van der Waals surface area contributed by atoms with E-state index in [2.05, 4.69) is 19.9 Å². The summed E-state index contributed by atoms with van der Waals surface area (Å²) in [5.74, 6) is 1.36. The van der Waals surface area contributed by atoms with E-state index in [0.717, 1.165) is 51.1 Å². The Kier molecular flexibility index (Phi) is 4.90. The summed E-state index contributed by atoms with van der Waals surface area (Å²) in [4.78, 5) is 14.3. The first-order valence-electron chi connectivity index (χ1n) is 8.77. The van der Waals surface area contributed by atoms with E-state index in [1.54, 1.807) is 0 Å². The number of likely N-dealkylation sites (tertiary alicyclic amines) is 1. The van der Waals surface area contributed by atoms with Crippen LogP contribution in [0.1, 0.15) is 51.0 Å². The summed E-state index contributed by atoms with van der Waals surface area (Å²) in [5, 5.41) is 0. The number of para-hydroxylation sites is 1. The third kappa shape index (κ3) is 3.52. The van der Waals surface area contributed by atoms with Crippen LogP contribution in [-0.4, -0.2) is 42.7 Å². The molecule has 0 radical (unpaired) electrons. The lowest BCUT2D eigenvalue weighted by Gasteiger charge is -2.47. The van der Waals surface area contributed by atoms with Crippen molar-refractivity contribution < 1.29 is 14.3 Å². The zero-order valence-electron chi connectivity index (χ0n) is 14.2. The van der Waals surface area contributed by atoms with Gasteiger partial charge in [0, 0.05) is 13.1 Å². The first-order valence-corrected chi connectivity index (χ1v) is 8.77. The molecule has 2 fully saturated rings. The summed E-state index contributed by atoms with van der Waals surface area (Å²) in [6.07, 6.45) is 4.13. The highest BCUT2D eigenvalue weighted by Crippen LogP contribution is 2.36. The first kappa shape index (κ1) is 16.3. The van der Waals surface area contributed by atoms with Gasteiger partial charge in [-0.15, -0.1) is 0 Å². The number of carbonyl (C=O) groups excluding carboxylic acids is 1. The molecule has 1 aromatic rings. The van der Waals surface area contributed by atoms with Gasteiger partial charge in [0.1, 0.15) is 5.75 Å². The summed E-state index contributed by atoms with van der Waals surface area (Å²) in [6.45, 7) is 6.93. The van der Waals surface area contributed by atoms with Gasteiger partial charge in [-0.05, 0) is 43.2 Å². The molecule has 4 nitrogen and oxygen atoms in total. The van der Waals surface area contributed by atoms with E-state index in [4.69, 9.17) is 9.47 Å². The van der Waals surface area contributed by atoms with Crippen molar-refractivity contribution in [1.29, 1.82) is 0 Å². The molecular weight excluding hydrogens is 290 g/mol. The Morgan fingerprint density at radius 2 is 2.00 bits per heavy atom. The maximum atomic E-state index is 12.4. The van der Waals surface area contributed by atoms with E-state index in [9.17, 15) is 4.79 Å². The number of amides is 1. The number of ether oxygens (including phenoxy) is 2. The average molecular weight is 317 g/mol. The van der Waals surface area contributed by atoms with E-state index < -0.39 is 0 Å². The number of piperidine rings is 1. The highest BCUT2D eigenvalue weighted by Gasteiger charge is 2.41. The number of carbonyl (C=O) groups is 1. The summed E-state index contributed by atoms with van der Waals surface area (Å²) in [6, 6.07) is 8.04. The van der Waals surface area contributed by atoms with Crippen LogP contribution >= 0.6 is 0 Å². The largest absolute Gasteiger partial charge is 0.483 e. The Balaban J connectivity index is 1.53. The number of hydrogen-bond acceptors (Lipinski definition) is 3. The third-order valence-corrected chi connectivity index (χ3v) is 5.41. The maximum Gasteiger partial charge on any atom is 0.260 e. The van der Waals surface area contributed by atoms with Crippen molar-refractivity contribution in [1.82, 2.24) is 4.90 Å². The van der Waals surface area contributed by atoms with Crippen molar-refractivity contribution in [3.05, 3.63) is 29.8 Å². The Hall–Kier alpha value is -1.55. The standard InChI is InChI=1S/C19H27NO3/c1-3-15(2)16-6-4-5-7-17(16)22-14-18(21)20-11-8-19(9-12-20)10-13-23-19/h4-7,15H,3,8-14H2,1-2H3/t15-/m0/s1. The van der Waals surface area contributed by atoms with Gasteiger partial charge in [-0.25, -0.2) is 0 Å². The van der Waals surface area contributed by atoms with Crippen LogP contribution in [-0.2, 0) is 9.53 Å². The molecule has 1 amide bonds. The molecule has 2 heterocycles. The SMILES string of the molecule is CC[C@H](C)c1ccccc1OCC(=O)N1CCC2(CCO2)CC1. The van der Waals surface area contributed by atoms with E-state index in [1.807, 2.05) is 23.1 Å². The lowest BCUT2D eigenvalue weighted by Crippen LogP contribution is -2.54. The minimum absolute atomic E-state index is 0.0816. The molecule has 0 N–H and O–H groups in total. The van der Waals surface area contributed by atoms with Crippen LogP contribution in [0.5, 0.6) is 5.75 Å². The molecule has 2 aliphatic heterocycles.